The van der Waals surface area contributed by atoms with Crippen molar-refractivity contribution in [3.05, 3.63) is 77.4 Å². The molecule has 2 aromatic carbocycles. The highest BCUT2D eigenvalue weighted by atomic mass is 14.2. The van der Waals surface area contributed by atoms with E-state index in [1.54, 1.807) is 0 Å². The first kappa shape index (κ1) is 13.6. The highest BCUT2D eigenvalue weighted by Gasteiger charge is 2.20. The van der Waals surface area contributed by atoms with Gasteiger partial charge >= 0.3 is 0 Å². The summed E-state index contributed by atoms with van der Waals surface area (Å²) in [5.41, 5.74) is 9.22. The van der Waals surface area contributed by atoms with Crippen molar-refractivity contribution < 1.29 is 0 Å². The Hall–Kier alpha value is -2.34. The van der Waals surface area contributed by atoms with E-state index in [0.717, 1.165) is 12.8 Å². The molecule has 0 heterocycles. The van der Waals surface area contributed by atoms with Gasteiger partial charge in [-0.1, -0.05) is 67.8 Å². The Balaban J connectivity index is 2.41. The van der Waals surface area contributed by atoms with Crippen LogP contribution in [-0.4, -0.2) is 0 Å². The second-order valence-corrected chi connectivity index (χ2v) is 5.39. The molecular weight excluding hydrogens is 252 g/mol. The minimum absolute atomic E-state index is 1.09. The lowest BCUT2D eigenvalue weighted by molar-refractivity contribution is 0.940. The van der Waals surface area contributed by atoms with Gasteiger partial charge in [-0.2, -0.15) is 0 Å². The molecule has 0 fully saturated rings. The van der Waals surface area contributed by atoms with Crippen molar-refractivity contribution in [1.82, 2.24) is 0 Å². The first-order valence-corrected chi connectivity index (χ1v) is 7.46. The van der Waals surface area contributed by atoms with Gasteiger partial charge < -0.3 is 0 Å². The van der Waals surface area contributed by atoms with Gasteiger partial charge in [0.25, 0.3) is 0 Å². The van der Waals surface area contributed by atoms with Gasteiger partial charge in [0, 0.05) is 0 Å². The number of allylic oxidation sites excluding steroid dienone is 1. The van der Waals surface area contributed by atoms with Gasteiger partial charge in [-0.3, -0.25) is 0 Å². The standard InChI is InChI=1S/C21H20/c1-4-9-20-18(6-3)15(5-2)14-17-13-12-16-10-7-8-11-19(16)21(17)20/h4-11,14H,2-3,12-13H2,1H3. The zero-order valence-corrected chi connectivity index (χ0v) is 12.5. The summed E-state index contributed by atoms with van der Waals surface area (Å²) < 4.78 is 0. The van der Waals surface area contributed by atoms with Crippen molar-refractivity contribution in [2.75, 3.05) is 0 Å². The molecule has 0 spiro atoms. The summed E-state index contributed by atoms with van der Waals surface area (Å²) in [4.78, 5) is 0. The molecular formula is C21H20. The van der Waals surface area contributed by atoms with E-state index in [1.807, 2.05) is 12.2 Å². The van der Waals surface area contributed by atoms with Crippen LogP contribution in [0.15, 0.2) is 49.6 Å². The van der Waals surface area contributed by atoms with E-state index < -0.39 is 0 Å². The highest BCUT2D eigenvalue weighted by Crippen LogP contribution is 2.40. The summed E-state index contributed by atoms with van der Waals surface area (Å²) in [6, 6.07) is 11.0. The number of fused-ring (bicyclic) bond motifs is 3. The van der Waals surface area contributed by atoms with E-state index >= 15 is 0 Å². The molecule has 1 aliphatic rings. The molecule has 21 heavy (non-hydrogen) atoms. The molecule has 0 amide bonds. The lowest BCUT2D eigenvalue weighted by Crippen LogP contribution is -2.07. The van der Waals surface area contributed by atoms with Crippen LogP contribution in [0.1, 0.15) is 34.7 Å². The van der Waals surface area contributed by atoms with Crippen LogP contribution in [0.3, 0.4) is 0 Å². The van der Waals surface area contributed by atoms with Crippen LogP contribution in [0.25, 0.3) is 29.4 Å². The Morgan fingerprint density at radius 2 is 1.71 bits per heavy atom. The van der Waals surface area contributed by atoms with Crippen LogP contribution in [0.4, 0.5) is 0 Å². The third-order valence-electron chi connectivity index (χ3n) is 4.23. The molecule has 0 saturated heterocycles. The molecule has 0 heteroatoms. The van der Waals surface area contributed by atoms with E-state index in [9.17, 15) is 0 Å². The van der Waals surface area contributed by atoms with Crippen LogP contribution in [-0.2, 0) is 12.8 Å². The largest absolute Gasteiger partial charge is 0.0984 e. The molecule has 0 N–H and O–H groups in total. The van der Waals surface area contributed by atoms with Crippen LogP contribution < -0.4 is 0 Å². The maximum absolute atomic E-state index is 4.01. The lowest BCUT2D eigenvalue weighted by atomic mass is 9.79. The summed E-state index contributed by atoms with van der Waals surface area (Å²) in [5, 5.41) is 0. The molecule has 1 aliphatic carbocycles. The van der Waals surface area contributed by atoms with Gasteiger partial charge in [-0.15, -0.1) is 0 Å². The van der Waals surface area contributed by atoms with E-state index in [4.69, 9.17) is 0 Å². The van der Waals surface area contributed by atoms with Crippen molar-refractivity contribution in [3.8, 4) is 11.1 Å². The topological polar surface area (TPSA) is 0 Å². The quantitative estimate of drug-likeness (QED) is 0.665. The van der Waals surface area contributed by atoms with E-state index in [0.29, 0.717) is 0 Å². The summed E-state index contributed by atoms with van der Waals surface area (Å²) >= 11 is 0. The maximum atomic E-state index is 4.01. The van der Waals surface area contributed by atoms with Crippen molar-refractivity contribution in [2.45, 2.75) is 19.8 Å². The molecule has 0 saturated carbocycles. The Bertz CT molecular complexity index is 745. The van der Waals surface area contributed by atoms with Crippen molar-refractivity contribution >= 4 is 18.2 Å². The van der Waals surface area contributed by atoms with Gasteiger partial charge in [0.15, 0.2) is 0 Å². The Morgan fingerprint density at radius 1 is 0.952 bits per heavy atom. The minimum atomic E-state index is 1.09. The van der Waals surface area contributed by atoms with Gasteiger partial charge in [0.2, 0.25) is 0 Å². The molecule has 2 aromatic rings. The zero-order valence-electron chi connectivity index (χ0n) is 12.5. The highest BCUT2D eigenvalue weighted by molar-refractivity contribution is 5.88. The Kier molecular flexibility index (Phi) is 3.62. The van der Waals surface area contributed by atoms with Crippen molar-refractivity contribution in [2.24, 2.45) is 0 Å². The van der Waals surface area contributed by atoms with Gasteiger partial charge in [-0.25, -0.2) is 0 Å². The molecule has 0 radical (unpaired) electrons. The molecule has 3 rings (SSSR count). The normalized spacial score (nSPS) is 12.8. The molecule has 0 nitrogen and oxygen atoms in total. The minimum Gasteiger partial charge on any atom is -0.0984 e. The third kappa shape index (κ3) is 2.17. The van der Waals surface area contributed by atoms with Crippen molar-refractivity contribution in [3.63, 3.8) is 0 Å². The maximum Gasteiger partial charge on any atom is -0.00701 e. The van der Waals surface area contributed by atoms with Crippen LogP contribution in [0, 0.1) is 0 Å². The summed E-state index contributed by atoms with van der Waals surface area (Å²) in [6.07, 6.45) is 10.4. The zero-order chi connectivity index (χ0) is 14.8. The fraction of sp³-hybridized carbons (Fsp3) is 0.143. The molecule has 0 unspecified atom stereocenters. The average Bonchev–Trinajstić information content (AvgIpc) is 2.54. The van der Waals surface area contributed by atoms with Crippen LogP contribution in [0.2, 0.25) is 0 Å². The first-order valence-electron chi connectivity index (χ1n) is 7.46. The number of hydrogen-bond acceptors (Lipinski definition) is 0. The van der Waals surface area contributed by atoms with E-state index in [2.05, 4.69) is 62.6 Å². The molecule has 0 bridgehead atoms. The predicted molar refractivity (Wildman–Crippen MR) is 94.2 cm³/mol. The second-order valence-electron chi connectivity index (χ2n) is 5.39. The predicted octanol–water partition coefficient (Wildman–Crippen LogP) is 5.77. The van der Waals surface area contributed by atoms with Gasteiger partial charge in [-0.05, 0) is 58.7 Å². The van der Waals surface area contributed by atoms with Crippen LogP contribution in [0.5, 0.6) is 0 Å². The summed E-state index contributed by atoms with van der Waals surface area (Å²) in [5.74, 6) is 0. The smallest absolute Gasteiger partial charge is 0.00701 e. The molecule has 0 aliphatic heterocycles. The van der Waals surface area contributed by atoms with Crippen molar-refractivity contribution in [1.29, 1.82) is 0 Å². The monoisotopic (exact) mass is 272 g/mol. The molecule has 0 aromatic heterocycles. The number of rotatable bonds is 3. The van der Waals surface area contributed by atoms with E-state index in [-0.39, 0.29) is 0 Å². The summed E-state index contributed by atoms with van der Waals surface area (Å²) in [6.45, 7) is 10.0. The SMILES string of the molecule is C=Cc1cc2c(c(C=CC)c1C=C)-c1ccccc1CC2. The van der Waals surface area contributed by atoms with E-state index in [1.165, 1.54) is 38.9 Å². The van der Waals surface area contributed by atoms with Crippen LogP contribution >= 0.6 is 0 Å². The molecule has 104 valence electrons. The molecule has 0 atom stereocenters. The average molecular weight is 272 g/mol. The Morgan fingerprint density at radius 3 is 2.43 bits per heavy atom. The first-order chi connectivity index (χ1) is 10.3. The fourth-order valence-corrected chi connectivity index (χ4v) is 3.30. The Labute approximate surface area is 127 Å². The summed E-state index contributed by atoms with van der Waals surface area (Å²) in [7, 11) is 0. The number of benzene rings is 2. The second kappa shape index (κ2) is 5.57. The van der Waals surface area contributed by atoms with Gasteiger partial charge in [0.05, 0.1) is 0 Å². The third-order valence-corrected chi connectivity index (χ3v) is 4.23. The lowest BCUT2D eigenvalue weighted by Gasteiger charge is -2.24. The number of hydrogen-bond donors (Lipinski definition) is 0. The fourth-order valence-electron chi connectivity index (χ4n) is 3.30. The van der Waals surface area contributed by atoms with Gasteiger partial charge in [0.1, 0.15) is 0 Å². The number of aryl methyl sites for hydroxylation is 2.